The minimum absolute atomic E-state index is 0.339. The standard InChI is InChI=1S/C12H19N3O2/c1-8(2)10-6-11(15-7-14-10)13-5-4-9(3)12(16)17/h6-9H,4-5H2,1-3H3,(H,16,17)(H,13,14,15). The van der Waals surface area contributed by atoms with Crippen molar-refractivity contribution in [3.8, 4) is 0 Å². The zero-order valence-electron chi connectivity index (χ0n) is 10.5. The third-order valence-corrected chi connectivity index (χ3v) is 2.58. The Hall–Kier alpha value is -1.65. The van der Waals surface area contributed by atoms with Crippen LogP contribution in [0.3, 0.4) is 0 Å². The molecule has 0 fully saturated rings. The van der Waals surface area contributed by atoms with Gasteiger partial charge in [0.05, 0.1) is 5.92 Å². The highest BCUT2D eigenvalue weighted by molar-refractivity contribution is 5.69. The Balaban J connectivity index is 2.47. The van der Waals surface area contributed by atoms with Crippen molar-refractivity contribution >= 4 is 11.8 Å². The summed E-state index contributed by atoms with van der Waals surface area (Å²) in [7, 11) is 0. The van der Waals surface area contributed by atoms with Crippen LogP contribution in [0.25, 0.3) is 0 Å². The summed E-state index contributed by atoms with van der Waals surface area (Å²) >= 11 is 0. The second kappa shape index (κ2) is 6.18. The van der Waals surface area contributed by atoms with Gasteiger partial charge in [0.2, 0.25) is 0 Å². The van der Waals surface area contributed by atoms with Gasteiger partial charge in [-0.25, -0.2) is 9.97 Å². The van der Waals surface area contributed by atoms with Gasteiger partial charge in [0.25, 0.3) is 0 Å². The molecule has 5 heteroatoms. The van der Waals surface area contributed by atoms with Gasteiger partial charge in [-0.3, -0.25) is 4.79 Å². The van der Waals surface area contributed by atoms with E-state index >= 15 is 0 Å². The highest BCUT2D eigenvalue weighted by Gasteiger charge is 2.10. The largest absolute Gasteiger partial charge is 0.481 e. The topological polar surface area (TPSA) is 75.1 Å². The number of hydrogen-bond acceptors (Lipinski definition) is 4. The van der Waals surface area contributed by atoms with Gasteiger partial charge in [0.1, 0.15) is 12.1 Å². The van der Waals surface area contributed by atoms with Gasteiger partial charge in [-0.15, -0.1) is 0 Å². The molecule has 1 aromatic rings. The molecule has 1 atom stereocenters. The molecule has 0 bridgehead atoms. The lowest BCUT2D eigenvalue weighted by molar-refractivity contribution is -0.141. The van der Waals surface area contributed by atoms with Crippen molar-refractivity contribution < 1.29 is 9.90 Å². The maximum atomic E-state index is 10.6. The van der Waals surface area contributed by atoms with Gasteiger partial charge in [0.15, 0.2) is 0 Å². The SMILES string of the molecule is CC(CCNc1cc(C(C)C)ncn1)C(=O)O. The fourth-order valence-electron chi connectivity index (χ4n) is 1.32. The fourth-order valence-corrected chi connectivity index (χ4v) is 1.32. The smallest absolute Gasteiger partial charge is 0.306 e. The Kier molecular flexibility index (Phi) is 4.87. The fraction of sp³-hybridized carbons (Fsp3) is 0.583. The lowest BCUT2D eigenvalue weighted by atomic mass is 10.1. The summed E-state index contributed by atoms with van der Waals surface area (Å²) in [6.45, 7) is 6.43. The van der Waals surface area contributed by atoms with E-state index in [-0.39, 0.29) is 5.92 Å². The third kappa shape index (κ3) is 4.38. The van der Waals surface area contributed by atoms with E-state index in [0.29, 0.717) is 18.9 Å². The van der Waals surface area contributed by atoms with E-state index in [0.717, 1.165) is 11.5 Å². The first-order valence-corrected chi connectivity index (χ1v) is 5.79. The Labute approximate surface area is 101 Å². The molecule has 0 saturated heterocycles. The van der Waals surface area contributed by atoms with Gasteiger partial charge < -0.3 is 10.4 Å². The predicted octanol–water partition coefficient (Wildman–Crippen LogP) is 2.12. The minimum Gasteiger partial charge on any atom is -0.481 e. The average molecular weight is 237 g/mol. The second-order valence-electron chi connectivity index (χ2n) is 4.44. The molecule has 1 unspecified atom stereocenters. The van der Waals surface area contributed by atoms with E-state index in [9.17, 15) is 4.79 Å². The van der Waals surface area contributed by atoms with Crippen molar-refractivity contribution in [2.75, 3.05) is 11.9 Å². The molecule has 5 nitrogen and oxygen atoms in total. The van der Waals surface area contributed by atoms with E-state index in [1.807, 2.05) is 6.07 Å². The highest BCUT2D eigenvalue weighted by Crippen LogP contribution is 2.13. The van der Waals surface area contributed by atoms with Crippen molar-refractivity contribution in [3.63, 3.8) is 0 Å². The van der Waals surface area contributed by atoms with E-state index < -0.39 is 5.97 Å². The molecule has 0 spiro atoms. The normalized spacial score (nSPS) is 12.5. The van der Waals surface area contributed by atoms with E-state index in [2.05, 4.69) is 29.1 Å². The zero-order chi connectivity index (χ0) is 12.8. The molecule has 0 radical (unpaired) electrons. The van der Waals surface area contributed by atoms with E-state index in [1.165, 1.54) is 6.33 Å². The Morgan fingerprint density at radius 1 is 1.41 bits per heavy atom. The number of carboxylic acid groups (broad SMARTS) is 1. The second-order valence-corrected chi connectivity index (χ2v) is 4.44. The number of nitrogens with one attached hydrogen (secondary N) is 1. The molecule has 0 aliphatic rings. The van der Waals surface area contributed by atoms with E-state index in [4.69, 9.17) is 5.11 Å². The van der Waals surface area contributed by atoms with Crippen LogP contribution in [0.1, 0.15) is 38.8 Å². The van der Waals surface area contributed by atoms with Crippen molar-refractivity contribution in [1.82, 2.24) is 9.97 Å². The number of rotatable bonds is 6. The number of aliphatic carboxylic acids is 1. The maximum Gasteiger partial charge on any atom is 0.306 e. The molecule has 94 valence electrons. The van der Waals surface area contributed by atoms with Gasteiger partial charge in [-0.1, -0.05) is 20.8 Å². The summed E-state index contributed by atoms with van der Waals surface area (Å²) in [5, 5.41) is 11.9. The van der Waals surface area contributed by atoms with Crippen LogP contribution in [0.5, 0.6) is 0 Å². The van der Waals surface area contributed by atoms with Gasteiger partial charge in [-0.2, -0.15) is 0 Å². The van der Waals surface area contributed by atoms with Crippen molar-refractivity contribution in [2.45, 2.75) is 33.1 Å². The number of anilines is 1. The first kappa shape index (κ1) is 13.4. The monoisotopic (exact) mass is 237 g/mol. The molecule has 1 aromatic heterocycles. The summed E-state index contributed by atoms with van der Waals surface area (Å²) in [6.07, 6.45) is 2.11. The number of hydrogen-bond donors (Lipinski definition) is 2. The van der Waals surface area contributed by atoms with Crippen LogP contribution in [0.2, 0.25) is 0 Å². The Morgan fingerprint density at radius 2 is 2.12 bits per heavy atom. The molecule has 0 amide bonds. The molecule has 1 heterocycles. The summed E-state index contributed by atoms with van der Waals surface area (Å²) in [5.41, 5.74) is 0.980. The zero-order valence-corrected chi connectivity index (χ0v) is 10.5. The maximum absolute atomic E-state index is 10.6. The van der Waals surface area contributed by atoms with Crippen LogP contribution >= 0.6 is 0 Å². The third-order valence-electron chi connectivity index (χ3n) is 2.58. The number of nitrogens with zero attached hydrogens (tertiary/aromatic N) is 2. The number of carbonyl (C=O) groups is 1. The molecule has 17 heavy (non-hydrogen) atoms. The molecule has 1 rings (SSSR count). The first-order valence-electron chi connectivity index (χ1n) is 5.79. The van der Waals surface area contributed by atoms with Crippen LogP contribution in [0.4, 0.5) is 5.82 Å². The molecule has 0 aromatic carbocycles. The van der Waals surface area contributed by atoms with Crippen molar-refractivity contribution in [3.05, 3.63) is 18.1 Å². The van der Waals surface area contributed by atoms with E-state index in [1.54, 1.807) is 6.92 Å². The van der Waals surface area contributed by atoms with Crippen LogP contribution in [0, 0.1) is 5.92 Å². The van der Waals surface area contributed by atoms with Crippen LogP contribution < -0.4 is 5.32 Å². The molecule has 2 N–H and O–H groups in total. The van der Waals surface area contributed by atoms with Crippen molar-refractivity contribution in [1.29, 1.82) is 0 Å². The predicted molar refractivity (Wildman–Crippen MR) is 66.0 cm³/mol. The van der Waals surface area contributed by atoms with Gasteiger partial charge >= 0.3 is 5.97 Å². The van der Waals surface area contributed by atoms with Crippen molar-refractivity contribution in [2.24, 2.45) is 5.92 Å². The summed E-state index contributed by atoms with van der Waals surface area (Å²) < 4.78 is 0. The quantitative estimate of drug-likeness (QED) is 0.792. The highest BCUT2D eigenvalue weighted by atomic mass is 16.4. The van der Waals surface area contributed by atoms with Gasteiger partial charge in [0, 0.05) is 18.3 Å². The van der Waals surface area contributed by atoms with Crippen LogP contribution in [-0.4, -0.2) is 27.6 Å². The summed E-state index contributed by atoms with van der Waals surface area (Å²) in [4.78, 5) is 18.9. The molecule has 0 aliphatic carbocycles. The molecular formula is C12H19N3O2. The lowest BCUT2D eigenvalue weighted by Crippen LogP contribution is -2.15. The Morgan fingerprint density at radius 3 is 2.71 bits per heavy atom. The van der Waals surface area contributed by atoms with Gasteiger partial charge in [-0.05, 0) is 12.3 Å². The van der Waals surface area contributed by atoms with Crippen LogP contribution in [-0.2, 0) is 4.79 Å². The number of aromatic nitrogens is 2. The minimum atomic E-state index is -0.766. The summed E-state index contributed by atoms with van der Waals surface area (Å²) in [6, 6.07) is 1.90. The summed E-state index contributed by atoms with van der Waals surface area (Å²) in [5.74, 6) is 0.00375. The lowest BCUT2D eigenvalue weighted by Gasteiger charge is -2.10. The molecule has 0 saturated carbocycles. The molecular weight excluding hydrogens is 218 g/mol. The Bertz CT molecular complexity index is 380. The number of carboxylic acids is 1. The molecule has 0 aliphatic heterocycles. The average Bonchev–Trinajstić information content (AvgIpc) is 2.29. The van der Waals surface area contributed by atoms with Crippen LogP contribution in [0.15, 0.2) is 12.4 Å². The first-order chi connectivity index (χ1) is 8.00.